The fourth-order valence-electron chi connectivity index (χ4n) is 6.06. The van der Waals surface area contributed by atoms with Crippen molar-refractivity contribution in [3.63, 3.8) is 0 Å². The first-order chi connectivity index (χ1) is 22.6. The van der Waals surface area contributed by atoms with Crippen LogP contribution in [0.3, 0.4) is 0 Å². The molecule has 0 spiro atoms. The second-order valence-corrected chi connectivity index (χ2v) is 11.3. The highest BCUT2D eigenvalue weighted by Gasteiger charge is 2.50. The third-order valence-electron chi connectivity index (χ3n) is 8.44. The molecule has 2 fully saturated rings. The van der Waals surface area contributed by atoms with E-state index in [1.54, 1.807) is 10.9 Å². The summed E-state index contributed by atoms with van der Waals surface area (Å²) in [6.07, 6.45) is -1.38. The molecule has 0 saturated carbocycles. The predicted molar refractivity (Wildman–Crippen MR) is 167 cm³/mol. The SMILES string of the molecule is CCc1noc([C@H]2O[C@@H](n3cnc4c(NCC(c5ccccc5)c5ccccc5)nc(N[C@@H]5CCNC5)nc43)[C@H](OC=O)[C@@H]2O)n1. The minimum Gasteiger partial charge on any atom is -0.457 e. The second-order valence-electron chi connectivity index (χ2n) is 11.3. The summed E-state index contributed by atoms with van der Waals surface area (Å²) in [6, 6.07) is 20.7. The van der Waals surface area contributed by atoms with Gasteiger partial charge in [-0.2, -0.15) is 15.0 Å². The number of anilines is 2. The van der Waals surface area contributed by atoms with Crippen LogP contribution in [0.4, 0.5) is 11.8 Å². The summed E-state index contributed by atoms with van der Waals surface area (Å²) >= 11 is 0. The maximum Gasteiger partial charge on any atom is 0.293 e. The van der Waals surface area contributed by atoms with E-state index in [4.69, 9.17) is 24.0 Å². The Balaban J connectivity index is 1.25. The van der Waals surface area contributed by atoms with Crippen molar-refractivity contribution in [1.29, 1.82) is 0 Å². The van der Waals surface area contributed by atoms with Gasteiger partial charge in [-0.3, -0.25) is 9.36 Å². The van der Waals surface area contributed by atoms with Crippen LogP contribution < -0.4 is 16.0 Å². The Hall–Kier alpha value is -4.92. The summed E-state index contributed by atoms with van der Waals surface area (Å²) in [5, 5.41) is 25.5. The van der Waals surface area contributed by atoms with E-state index < -0.39 is 24.5 Å². The first-order valence-corrected chi connectivity index (χ1v) is 15.4. The number of aliphatic hydroxyl groups is 1. The van der Waals surface area contributed by atoms with Gasteiger partial charge in [0.2, 0.25) is 5.95 Å². The van der Waals surface area contributed by atoms with Gasteiger partial charge in [-0.05, 0) is 24.1 Å². The van der Waals surface area contributed by atoms with Crippen molar-refractivity contribution in [2.45, 2.75) is 56.3 Å². The third kappa shape index (κ3) is 5.89. The number of aryl methyl sites for hydroxylation is 1. The summed E-state index contributed by atoms with van der Waals surface area (Å²) in [7, 11) is 0. The number of aliphatic hydroxyl groups excluding tert-OH is 1. The highest BCUT2D eigenvalue weighted by molar-refractivity contribution is 5.84. The minimum absolute atomic E-state index is 0.0341. The molecule has 14 nitrogen and oxygen atoms in total. The molecule has 14 heteroatoms. The Morgan fingerprint density at radius 2 is 1.87 bits per heavy atom. The topological polar surface area (TPSA) is 174 Å². The fraction of sp³-hybridized carbons (Fsp3) is 0.375. The molecule has 5 heterocycles. The number of nitrogens with one attached hydrogen (secondary N) is 3. The molecular formula is C32H35N9O5. The highest BCUT2D eigenvalue weighted by atomic mass is 16.6. The Morgan fingerprint density at radius 1 is 1.11 bits per heavy atom. The Morgan fingerprint density at radius 3 is 2.52 bits per heavy atom. The number of carbonyl (C=O) groups is 1. The summed E-state index contributed by atoms with van der Waals surface area (Å²) < 4.78 is 18.6. The zero-order valence-electron chi connectivity index (χ0n) is 25.2. The average molecular weight is 626 g/mol. The molecule has 4 N–H and O–H groups in total. The van der Waals surface area contributed by atoms with Crippen LogP contribution in [0.15, 0.2) is 71.5 Å². The fourth-order valence-corrected chi connectivity index (χ4v) is 6.06. The van der Waals surface area contributed by atoms with Crippen LogP contribution in [-0.2, 0) is 20.7 Å². The van der Waals surface area contributed by atoms with Crippen molar-refractivity contribution in [3.05, 3.63) is 89.8 Å². The average Bonchev–Trinajstić information content (AvgIpc) is 3.91. The zero-order valence-corrected chi connectivity index (χ0v) is 25.2. The maximum absolute atomic E-state index is 11.5. The van der Waals surface area contributed by atoms with E-state index in [-0.39, 0.29) is 24.3 Å². The summed E-state index contributed by atoms with van der Waals surface area (Å²) in [5.74, 6) is 1.54. The van der Waals surface area contributed by atoms with Crippen LogP contribution in [0, 0.1) is 0 Å². The molecule has 46 heavy (non-hydrogen) atoms. The van der Waals surface area contributed by atoms with Gasteiger partial charge in [0.15, 0.2) is 41.2 Å². The number of carbonyl (C=O) groups excluding carboxylic acids is 1. The molecule has 5 atom stereocenters. The molecule has 2 aromatic carbocycles. The van der Waals surface area contributed by atoms with Crippen LogP contribution in [0.1, 0.15) is 54.4 Å². The van der Waals surface area contributed by atoms with Gasteiger partial charge >= 0.3 is 0 Å². The molecule has 0 radical (unpaired) electrons. The lowest BCUT2D eigenvalue weighted by molar-refractivity contribution is -0.142. The highest BCUT2D eigenvalue weighted by Crippen LogP contribution is 2.41. The van der Waals surface area contributed by atoms with E-state index in [0.717, 1.165) is 30.6 Å². The quantitative estimate of drug-likeness (QED) is 0.149. The molecule has 3 aromatic heterocycles. The monoisotopic (exact) mass is 625 g/mol. The number of hydrogen-bond donors (Lipinski definition) is 4. The molecule has 2 aliphatic rings. The molecule has 0 amide bonds. The number of ether oxygens (including phenoxy) is 2. The number of fused-ring (bicyclic) bond motifs is 1. The van der Waals surface area contributed by atoms with E-state index in [1.165, 1.54) is 0 Å². The van der Waals surface area contributed by atoms with E-state index in [2.05, 4.69) is 55.3 Å². The first-order valence-electron chi connectivity index (χ1n) is 15.4. The van der Waals surface area contributed by atoms with Gasteiger partial charge in [0.25, 0.3) is 12.4 Å². The van der Waals surface area contributed by atoms with Gasteiger partial charge in [-0.1, -0.05) is 72.7 Å². The first kappa shape index (κ1) is 29.8. The predicted octanol–water partition coefficient (Wildman–Crippen LogP) is 2.96. The largest absolute Gasteiger partial charge is 0.457 e. The Bertz CT molecular complexity index is 1720. The van der Waals surface area contributed by atoms with Crippen LogP contribution in [0.2, 0.25) is 0 Å². The van der Waals surface area contributed by atoms with Crippen LogP contribution in [0.25, 0.3) is 11.2 Å². The number of hydrogen-bond acceptors (Lipinski definition) is 13. The molecular weight excluding hydrogens is 590 g/mol. The molecule has 5 aromatic rings. The van der Waals surface area contributed by atoms with Crippen LogP contribution in [-0.4, -0.2) is 79.1 Å². The number of benzene rings is 2. The van der Waals surface area contributed by atoms with Crippen molar-refractivity contribution in [1.82, 2.24) is 35.0 Å². The lowest BCUT2D eigenvalue weighted by Gasteiger charge is -2.21. The van der Waals surface area contributed by atoms with Crippen LogP contribution in [0.5, 0.6) is 0 Å². The maximum atomic E-state index is 11.5. The van der Waals surface area contributed by atoms with Crippen molar-refractivity contribution >= 4 is 29.4 Å². The lowest BCUT2D eigenvalue weighted by atomic mass is 9.91. The normalized spacial score (nSPS) is 22.8. The van der Waals surface area contributed by atoms with Crippen molar-refractivity contribution in [2.24, 2.45) is 0 Å². The number of aromatic nitrogens is 6. The molecule has 0 bridgehead atoms. The van der Waals surface area contributed by atoms with E-state index in [0.29, 0.717) is 41.7 Å². The molecule has 0 unspecified atom stereocenters. The van der Waals surface area contributed by atoms with Gasteiger partial charge in [-0.15, -0.1) is 0 Å². The van der Waals surface area contributed by atoms with Gasteiger partial charge in [0, 0.05) is 31.5 Å². The summed E-state index contributed by atoms with van der Waals surface area (Å²) in [5.41, 5.74) is 3.24. The molecule has 0 aliphatic carbocycles. The van der Waals surface area contributed by atoms with E-state index in [9.17, 15) is 9.90 Å². The number of nitrogens with zero attached hydrogens (tertiary/aromatic N) is 6. The summed E-state index contributed by atoms with van der Waals surface area (Å²) in [6.45, 7) is 4.39. The van der Waals surface area contributed by atoms with Gasteiger partial charge in [0.05, 0.1) is 6.33 Å². The Labute approximate surface area is 264 Å². The smallest absolute Gasteiger partial charge is 0.293 e. The van der Waals surface area contributed by atoms with Gasteiger partial charge < -0.3 is 35.1 Å². The molecule has 7 rings (SSSR count). The van der Waals surface area contributed by atoms with Crippen molar-refractivity contribution in [3.8, 4) is 0 Å². The minimum atomic E-state index is -1.28. The van der Waals surface area contributed by atoms with Crippen LogP contribution >= 0.6 is 0 Å². The number of imidazole rings is 1. The standard InChI is InChI=1S/C32H35N9O5/c1-2-23-37-30(46-40-23)26-25(43)27(44-18-42)31(45-26)41-17-35-24-28(38-32(39-29(24)41)36-21-13-14-33-15-21)34-16-22(19-9-5-3-6-10-19)20-11-7-4-8-12-20/h3-12,17-18,21-22,25-27,31,33,43H,2,13-16H2,1H3,(H2,34,36,38,39)/t21-,25-,26+,27-,31-/m1/s1. The van der Waals surface area contributed by atoms with Crippen molar-refractivity contribution < 1.29 is 23.9 Å². The number of rotatable bonds is 12. The molecule has 2 saturated heterocycles. The van der Waals surface area contributed by atoms with Gasteiger partial charge in [-0.25, -0.2) is 4.98 Å². The van der Waals surface area contributed by atoms with E-state index in [1.807, 2.05) is 43.3 Å². The molecule has 2 aliphatic heterocycles. The lowest BCUT2D eigenvalue weighted by Crippen LogP contribution is -2.32. The second kappa shape index (κ2) is 13.2. The molecule has 238 valence electrons. The zero-order chi connectivity index (χ0) is 31.5. The summed E-state index contributed by atoms with van der Waals surface area (Å²) in [4.78, 5) is 30.2. The third-order valence-corrected chi connectivity index (χ3v) is 8.44. The van der Waals surface area contributed by atoms with E-state index >= 15 is 0 Å². The van der Waals surface area contributed by atoms with Gasteiger partial charge in [0.1, 0.15) is 6.10 Å². The Kier molecular flexibility index (Phi) is 8.55. The van der Waals surface area contributed by atoms with Crippen molar-refractivity contribution in [2.75, 3.05) is 30.3 Å².